The molecule has 6 rings (SSSR count). The third-order valence-corrected chi connectivity index (χ3v) is 6.96. The lowest BCUT2D eigenvalue weighted by atomic mass is 10.1. The molecule has 0 spiro atoms. The number of morpholine rings is 1. The fraction of sp³-hybridized carbons (Fsp3) is 0.346. The first-order valence-electron chi connectivity index (χ1n) is 12.1. The smallest absolute Gasteiger partial charge is 0.228 e. The highest BCUT2D eigenvalue weighted by molar-refractivity contribution is 6.30. The van der Waals surface area contributed by atoms with Crippen LogP contribution >= 0.6 is 11.6 Å². The van der Waals surface area contributed by atoms with Gasteiger partial charge in [0.15, 0.2) is 0 Å². The molecule has 180 valence electrons. The highest BCUT2D eigenvalue weighted by Crippen LogP contribution is 2.30. The van der Waals surface area contributed by atoms with Crippen molar-refractivity contribution in [1.29, 1.82) is 0 Å². The number of ether oxygens (including phenoxy) is 1. The summed E-state index contributed by atoms with van der Waals surface area (Å²) in [4.78, 5) is 16.9. The Balaban J connectivity index is 1.40. The van der Waals surface area contributed by atoms with Crippen LogP contribution < -0.4 is 15.5 Å². The number of nitrogens with one attached hydrogen (secondary N) is 2. The van der Waals surface area contributed by atoms with Gasteiger partial charge in [0.2, 0.25) is 5.95 Å². The van der Waals surface area contributed by atoms with Gasteiger partial charge in [-0.25, -0.2) is 9.97 Å². The molecule has 0 amide bonds. The van der Waals surface area contributed by atoms with Gasteiger partial charge in [0.1, 0.15) is 11.6 Å². The van der Waals surface area contributed by atoms with Gasteiger partial charge in [0.05, 0.1) is 36.0 Å². The number of fused-ring (bicyclic) bond motifs is 1. The molecule has 1 atom stereocenters. The zero-order chi connectivity index (χ0) is 23.8. The molecule has 2 aliphatic heterocycles. The van der Waals surface area contributed by atoms with Gasteiger partial charge in [-0.3, -0.25) is 0 Å². The maximum atomic E-state index is 6.07. The van der Waals surface area contributed by atoms with Crippen LogP contribution in [0.25, 0.3) is 22.3 Å². The molecule has 1 unspecified atom stereocenters. The van der Waals surface area contributed by atoms with Crippen LogP contribution in [0.5, 0.6) is 0 Å². The van der Waals surface area contributed by atoms with Crippen molar-refractivity contribution in [2.75, 3.05) is 43.1 Å². The molecule has 2 N–H and O–H groups in total. The van der Waals surface area contributed by atoms with E-state index < -0.39 is 0 Å². The van der Waals surface area contributed by atoms with Crippen LogP contribution in [-0.2, 0) is 11.8 Å². The van der Waals surface area contributed by atoms with Gasteiger partial charge in [0, 0.05) is 42.5 Å². The average Bonchev–Trinajstić information content (AvgIpc) is 3.54. The van der Waals surface area contributed by atoms with E-state index in [1.54, 1.807) is 0 Å². The van der Waals surface area contributed by atoms with Crippen molar-refractivity contribution in [1.82, 2.24) is 24.8 Å². The van der Waals surface area contributed by atoms with E-state index in [0.29, 0.717) is 30.2 Å². The molecule has 0 aliphatic carbocycles. The first-order valence-corrected chi connectivity index (χ1v) is 12.5. The first-order chi connectivity index (χ1) is 17.1. The Labute approximate surface area is 209 Å². The normalized spacial score (nSPS) is 18.3. The third kappa shape index (κ3) is 4.57. The summed E-state index contributed by atoms with van der Waals surface area (Å²) in [5.41, 5.74) is 4.92. The number of imidazole rings is 1. The first kappa shape index (κ1) is 22.3. The van der Waals surface area contributed by atoms with Gasteiger partial charge in [-0.1, -0.05) is 17.7 Å². The Morgan fingerprint density at radius 3 is 2.63 bits per heavy atom. The van der Waals surface area contributed by atoms with Gasteiger partial charge in [-0.05, 0) is 55.8 Å². The predicted molar refractivity (Wildman–Crippen MR) is 139 cm³/mol. The summed E-state index contributed by atoms with van der Waals surface area (Å²) in [6, 6.07) is 16.3. The molecule has 0 saturated carbocycles. The van der Waals surface area contributed by atoms with Crippen LogP contribution in [0, 0.1) is 0 Å². The van der Waals surface area contributed by atoms with E-state index in [1.807, 2.05) is 30.3 Å². The maximum absolute atomic E-state index is 6.07. The van der Waals surface area contributed by atoms with Gasteiger partial charge >= 0.3 is 0 Å². The molecule has 0 radical (unpaired) electrons. The lowest BCUT2D eigenvalue weighted by Crippen LogP contribution is -2.37. The second kappa shape index (κ2) is 9.45. The number of aryl methyl sites for hydroxylation is 1. The number of benzene rings is 2. The van der Waals surface area contributed by atoms with E-state index >= 15 is 0 Å². The lowest BCUT2D eigenvalue weighted by Gasteiger charge is -2.27. The summed E-state index contributed by atoms with van der Waals surface area (Å²) < 4.78 is 7.75. The summed E-state index contributed by atoms with van der Waals surface area (Å²) in [5, 5.41) is 7.68. The van der Waals surface area contributed by atoms with Crippen molar-refractivity contribution in [2.45, 2.75) is 18.9 Å². The minimum atomic E-state index is 0.318. The summed E-state index contributed by atoms with van der Waals surface area (Å²) in [6.07, 6.45) is 2.31. The van der Waals surface area contributed by atoms with E-state index in [9.17, 15) is 0 Å². The molecule has 35 heavy (non-hydrogen) atoms. The third-order valence-electron chi connectivity index (χ3n) is 6.71. The van der Waals surface area contributed by atoms with Crippen molar-refractivity contribution >= 4 is 40.1 Å². The molecule has 2 aliphatic rings. The van der Waals surface area contributed by atoms with Crippen molar-refractivity contribution in [2.24, 2.45) is 7.05 Å². The summed E-state index contributed by atoms with van der Waals surface area (Å²) in [7, 11) is 2.10. The van der Waals surface area contributed by atoms with Gasteiger partial charge in [-0.15, -0.1) is 0 Å². The second-order valence-corrected chi connectivity index (χ2v) is 9.49. The fourth-order valence-electron chi connectivity index (χ4n) is 4.82. The lowest BCUT2D eigenvalue weighted by molar-refractivity contribution is 0.122. The molecule has 4 heterocycles. The average molecular weight is 490 g/mol. The number of hydrogen-bond acceptors (Lipinski definition) is 7. The molecule has 9 heteroatoms. The summed E-state index contributed by atoms with van der Waals surface area (Å²) in [6.45, 7) is 3.93. The van der Waals surface area contributed by atoms with E-state index in [0.717, 1.165) is 65.7 Å². The maximum Gasteiger partial charge on any atom is 0.228 e. The van der Waals surface area contributed by atoms with Gasteiger partial charge in [-0.2, -0.15) is 4.98 Å². The summed E-state index contributed by atoms with van der Waals surface area (Å²) >= 11 is 6.07. The van der Waals surface area contributed by atoms with E-state index in [-0.39, 0.29) is 0 Å². The number of hydrogen-bond donors (Lipinski definition) is 2. The van der Waals surface area contributed by atoms with Crippen molar-refractivity contribution in [3.8, 4) is 11.3 Å². The van der Waals surface area contributed by atoms with Crippen LogP contribution in [0.15, 0.2) is 48.5 Å². The molecule has 2 saturated heterocycles. The number of anilines is 3. The van der Waals surface area contributed by atoms with Crippen molar-refractivity contribution in [3.63, 3.8) is 0 Å². The minimum absolute atomic E-state index is 0.318. The monoisotopic (exact) mass is 489 g/mol. The molecule has 0 bridgehead atoms. The van der Waals surface area contributed by atoms with Crippen molar-refractivity contribution < 1.29 is 4.74 Å². The topological polar surface area (TPSA) is 80.1 Å². The van der Waals surface area contributed by atoms with Crippen LogP contribution in [0.3, 0.4) is 0 Å². The molecule has 2 aromatic carbocycles. The number of rotatable bonds is 5. The Morgan fingerprint density at radius 2 is 1.86 bits per heavy atom. The molecular formula is C26H28ClN7O. The Kier molecular flexibility index (Phi) is 6.01. The number of nitrogens with zero attached hydrogens (tertiary/aromatic N) is 5. The Bertz CT molecular complexity index is 1340. The quantitative estimate of drug-likeness (QED) is 0.421. The highest BCUT2D eigenvalue weighted by Gasteiger charge is 2.22. The number of halogens is 1. The molecule has 2 aromatic heterocycles. The predicted octanol–water partition coefficient (Wildman–Crippen LogP) is 4.69. The molecule has 8 nitrogen and oxygen atoms in total. The van der Waals surface area contributed by atoms with Crippen LogP contribution in [-0.4, -0.2) is 52.4 Å². The minimum Gasteiger partial charge on any atom is -0.378 e. The zero-order valence-corrected chi connectivity index (χ0v) is 20.4. The number of aromatic nitrogens is 4. The Hall–Kier alpha value is -3.20. The van der Waals surface area contributed by atoms with Crippen LogP contribution in [0.4, 0.5) is 17.5 Å². The second-order valence-electron chi connectivity index (χ2n) is 9.05. The SMILES string of the molecule is Cn1c(C2CCCN2)nc2ccc(-c3cc(Nc4ccc(Cl)cc4)nc(N4CCOCC4)n3)cc21. The van der Waals surface area contributed by atoms with Gasteiger partial charge in [0.25, 0.3) is 0 Å². The largest absolute Gasteiger partial charge is 0.378 e. The standard InChI is InChI=1S/C26H28ClN7O/c1-33-23-15-17(4-9-20(23)30-25(33)21-3-2-10-28-21)22-16-24(29-19-7-5-18(27)6-8-19)32-26(31-22)34-11-13-35-14-12-34/h4-9,15-16,21,28H,2-3,10-14H2,1H3,(H,29,31,32). The van der Waals surface area contributed by atoms with Crippen LogP contribution in [0.2, 0.25) is 5.02 Å². The molecule has 4 aromatic rings. The zero-order valence-electron chi connectivity index (χ0n) is 19.7. The fourth-order valence-corrected chi connectivity index (χ4v) is 4.94. The van der Waals surface area contributed by atoms with Gasteiger partial charge < -0.3 is 24.8 Å². The van der Waals surface area contributed by atoms with E-state index in [1.165, 1.54) is 6.42 Å². The Morgan fingerprint density at radius 1 is 1.03 bits per heavy atom. The van der Waals surface area contributed by atoms with Crippen molar-refractivity contribution in [3.05, 3.63) is 59.4 Å². The van der Waals surface area contributed by atoms with Crippen LogP contribution in [0.1, 0.15) is 24.7 Å². The molecule has 2 fully saturated rings. The summed E-state index contributed by atoms with van der Waals surface area (Å²) in [5.74, 6) is 2.53. The molecular weight excluding hydrogens is 462 g/mol. The van der Waals surface area contributed by atoms with E-state index in [2.05, 4.69) is 45.3 Å². The van der Waals surface area contributed by atoms with E-state index in [4.69, 9.17) is 31.3 Å². The highest BCUT2D eigenvalue weighted by atomic mass is 35.5.